The Labute approximate surface area is 281 Å². The van der Waals surface area contributed by atoms with Crippen LogP contribution in [0.2, 0.25) is 0 Å². The quantitative estimate of drug-likeness (QED) is 0.201. The maximum absolute atomic E-state index is 14.6. The Morgan fingerprint density at radius 3 is 2.23 bits per heavy atom. The lowest BCUT2D eigenvalue weighted by Gasteiger charge is -2.34. The van der Waals surface area contributed by atoms with E-state index in [9.17, 15) is 22.4 Å². The first kappa shape index (κ1) is 34.4. The van der Waals surface area contributed by atoms with E-state index in [0.29, 0.717) is 18.9 Å². The van der Waals surface area contributed by atoms with Gasteiger partial charge in [0.25, 0.3) is 10.0 Å². The van der Waals surface area contributed by atoms with Crippen molar-refractivity contribution in [2.75, 3.05) is 30.6 Å². The van der Waals surface area contributed by atoms with Crippen molar-refractivity contribution in [2.45, 2.75) is 44.7 Å². The number of halogens is 1. The van der Waals surface area contributed by atoms with E-state index < -0.39 is 34.3 Å². The van der Waals surface area contributed by atoms with E-state index in [-0.39, 0.29) is 47.7 Å². The van der Waals surface area contributed by atoms with E-state index >= 15 is 0 Å². The third-order valence-corrected chi connectivity index (χ3v) is 9.82. The van der Waals surface area contributed by atoms with E-state index in [2.05, 4.69) is 5.32 Å². The largest absolute Gasteiger partial charge is 0.486 e. The average Bonchev–Trinajstić information content (AvgIpc) is 3.09. The highest BCUT2D eigenvalue weighted by Crippen LogP contribution is 2.34. The van der Waals surface area contributed by atoms with Gasteiger partial charge in [0.2, 0.25) is 11.8 Å². The van der Waals surface area contributed by atoms with E-state index in [4.69, 9.17) is 9.47 Å². The summed E-state index contributed by atoms with van der Waals surface area (Å²) >= 11 is 0. The summed E-state index contributed by atoms with van der Waals surface area (Å²) < 4.78 is 54.9. The van der Waals surface area contributed by atoms with Crippen LogP contribution in [0.25, 0.3) is 0 Å². The fraction of sp³-hybridized carbons (Fsp3) is 0.297. The maximum Gasteiger partial charge on any atom is 0.264 e. The van der Waals surface area contributed by atoms with Gasteiger partial charge in [-0.2, -0.15) is 0 Å². The number of amides is 2. The molecule has 0 saturated heterocycles. The maximum atomic E-state index is 14.6. The minimum atomic E-state index is -4.41. The number of fused-ring (bicyclic) bond motifs is 1. The lowest BCUT2D eigenvalue weighted by atomic mass is 10.0. The van der Waals surface area contributed by atoms with Gasteiger partial charge in [0.1, 0.15) is 31.6 Å². The Balaban J connectivity index is 1.57. The zero-order valence-electron chi connectivity index (χ0n) is 27.3. The first-order chi connectivity index (χ1) is 23.0. The van der Waals surface area contributed by atoms with E-state index in [1.807, 2.05) is 75.4 Å². The number of ether oxygens (including phenoxy) is 2. The molecule has 0 spiro atoms. The van der Waals surface area contributed by atoms with Gasteiger partial charge in [0.15, 0.2) is 11.5 Å². The number of carbonyl (C=O) groups excluding carboxylic acids is 2. The van der Waals surface area contributed by atoms with Crippen molar-refractivity contribution >= 4 is 27.5 Å². The molecule has 0 fully saturated rings. The van der Waals surface area contributed by atoms with Crippen molar-refractivity contribution in [1.82, 2.24) is 10.2 Å². The Kier molecular flexibility index (Phi) is 11.0. The van der Waals surface area contributed by atoms with Crippen LogP contribution in [0.4, 0.5) is 10.1 Å². The van der Waals surface area contributed by atoms with Gasteiger partial charge < -0.3 is 19.7 Å². The van der Waals surface area contributed by atoms with Crippen LogP contribution in [0.5, 0.6) is 11.5 Å². The molecule has 2 amide bonds. The Morgan fingerprint density at radius 1 is 0.875 bits per heavy atom. The zero-order valence-corrected chi connectivity index (χ0v) is 28.1. The molecule has 0 aliphatic carbocycles. The number of rotatable bonds is 13. The molecule has 4 aromatic carbocycles. The minimum absolute atomic E-state index is 0.0550. The van der Waals surface area contributed by atoms with Gasteiger partial charge in [0.05, 0.1) is 10.6 Å². The first-order valence-electron chi connectivity index (χ1n) is 15.9. The smallest absolute Gasteiger partial charge is 0.264 e. The number of carbonyl (C=O) groups is 2. The number of nitrogens with zero attached hydrogens (tertiary/aromatic N) is 2. The Morgan fingerprint density at radius 2 is 1.54 bits per heavy atom. The molecule has 48 heavy (non-hydrogen) atoms. The number of hydrogen-bond donors (Lipinski definition) is 1. The molecule has 1 aliphatic rings. The summed E-state index contributed by atoms with van der Waals surface area (Å²) in [7, 11) is -4.41. The SMILES string of the molecule is Cc1ccccc1CN(C(=O)CN(c1ccc(F)cc1)S(=O)(=O)c1ccc2c(c1)OCCO2)[C@@H](Cc1ccccc1)C(=O)NCC(C)C. The van der Waals surface area contributed by atoms with Crippen LogP contribution in [-0.2, 0) is 32.6 Å². The standard InChI is InChI=1S/C37H40FN3O6S/c1-26(2)23-39-37(43)33(21-28-10-5-4-6-11-28)40(24-29-12-8-7-9-27(29)3)36(42)25-41(31-15-13-30(38)14-16-31)48(44,45)32-17-18-34-35(22-32)47-20-19-46-34/h4-18,22,26,33H,19-21,23-25H2,1-3H3,(H,39,43)/t33-/m0/s1. The highest BCUT2D eigenvalue weighted by molar-refractivity contribution is 7.92. The molecule has 1 heterocycles. The van der Waals surface area contributed by atoms with Gasteiger partial charge in [-0.05, 0) is 65.9 Å². The summed E-state index contributed by atoms with van der Waals surface area (Å²) in [6, 6.07) is 25.1. The van der Waals surface area contributed by atoms with Crippen molar-refractivity contribution in [3.05, 3.63) is 120 Å². The second kappa shape index (κ2) is 15.3. The molecule has 9 nitrogen and oxygen atoms in total. The van der Waals surface area contributed by atoms with Crippen LogP contribution >= 0.6 is 0 Å². The molecule has 252 valence electrons. The predicted octanol–water partition coefficient (Wildman–Crippen LogP) is 5.51. The predicted molar refractivity (Wildman–Crippen MR) is 182 cm³/mol. The minimum Gasteiger partial charge on any atom is -0.486 e. The molecule has 0 radical (unpaired) electrons. The van der Waals surface area contributed by atoms with Gasteiger partial charge in [-0.15, -0.1) is 0 Å². The van der Waals surface area contributed by atoms with Gasteiger partial charge in [-0.25, -0.2) is 12.8 Å². The molecule has 0 saturated carbocycles. The highest BCUT2D eigenvalue weighted by atomic mass is 32.2. The van der Waals surface area contributed by atoms with Gasteiger partial charge >= 0.3 is 0 Å². The summed E-state index contributed by atoms with van der Waals surface area (Å²) in [6.45, 7) is 6.26. The Hall–Kier alpha value is -4.90. The first-order valence-corrected chi connectivity index (χ1v) is 17.3. The number of hydrogen-bond acceptors (Lipinski definition) is 6. The van der Waals surface area contributed by atoms with Crippen LogP contribution in [0, 0.1) is 18.7 Å². The molecule has 1 N–H and O–H groups in total. The number of anilines is 1. The summed E-state index contributed by atoms with van der Waals surface area (Å²) in [5.41, 5.74) is 2.64. The van der Waals surface area contributed by atoms with Crippen LogP contribution in [0.15, 0.2) is 102 Å². The summed E-state index contributed by atoms with van der Waals surface area (Å²) in [5.74, 6) is -0.685. The van der Waals surface area contributed by atoms with Crippen LogP contribution < -0.4 is 19.1 Å². The fourth-order valence-corrected chi connectivity index (χ4v) is 6.83. The van der Waals surface area contributed by atoms with Crippen molar-refractivity contribution in [3.8, 4) is 11.5 Å². The normalized spacial score (nSPS) is 13.1. The van der Waals surface area contributed by atoms with Crippen LogP contribution in [0.3, 0.4) is 0 Å². The lowest BCUT2D eigenvalue weighted by Crippen LogP contribution is -2.53. The topological polar surface area (TPSA) is 105 Å². The fourth-order valence-electron chi connectivity index (χ4n) is 5.39. The summed E-state index contributed by atoms with van der Waals surface area (Å²) in [4.78, 5) is 29.8. The van der Waals surface area contributed by atoms with Gasteiger partial charge in [-0.3, -0.25) is 13.9 Å². The van der Waals surface area contributed by atoms with E-state index in [1.165, 1.54) is 35.2 Å². The van der Waals surface area contributed by atoms with Crippen LogP contribution in [0.1, 0.15) is 30.5 Å². The second-order valence-corrected chi connectivity index (χ2v) is 13.9. The van der Waals surface area contributed by atoms with Crippen molar-refractivity contribution in [2.24, 2.45) is 5.92 Å². The van der Waals surface area contributed by atoms with Crippen LogP contribution in [-0.4, -0.2) is 57.5 Å². The molecule has 0 aromatic heterocycles. The molecular weight excluding hydrogens is 633 g/mol. The third kappa shape index (κ3) is 8.32. The molecule has 4 aromatic rings. The third-order valence-electron chi connectivity index (χ3n) is 8.05. The number of aryl methyl sites for hydroxylation is 1. The lowest BCUT2D eigenvalue weighted by molar-refractivity contribution is -0.140. The zero-order chi connectivity index (χ0) is 34.3. The second-order valence-electron chi connectivity index (χ2n) is 12.1. The molecular formula is C37H40FN3O6S. The van der Waals surface area contributed by atoms with Crippen molar-refractivity contribution in [3.63, 3.8) is 0 Å². The molecule has 1 aliphatic heterocycles. The monoisotopic (exact) mass is 673 g/mol. The van der Waals surface area contributed by atoms with Gasteiger partial charge in [-0.1, -0.05) is 68.4 Å². The highest BCUT2D eigenvalue weighted by Gasteiger charge is 2.35. The average molecular weight is 674 g/mol. The molecule has 5 rings (SSSR count). The summed E-state index contributed by atoms with van der Waals surface area (Å²) in [5, 5.41) is 2.98. The molecule has 1 atom stereocenters. The molecule has 0 unspecified atom stereocenters. The molecule has 11 heteroatoms. The van der Waals surface area contributed by atoms with Crippen molar-refractivity contribution in [1.29, 1.82) is 0 Å². The van der Waals surface area contributed by atoms with E-state index in [1.54, 1.807) is 0 Å². The number of sulfonamides is 1. The van der Waals surface area contributed by atoms with Gasteiger partial charge in [0, 0.05) is 25.6 Å². The number of nitrogens with one attached hydrogen (secondary N) is 1. The number of benzene rings is 4. The molecule has 0 bridgehead atoms. The Bertz CT molecular complexity index is 1830. The van der Waals surface area contributed by atoms with Crippen molar-refractivity contribution < 1.29 is 31.9 Å². The van der Waals surface area contributed by atoms with E-state index in [0.717, 1.165) is 33.1 Å². The summed E-state index contributed by atoms with van der Waals surface area (Å²) in [6.07, 6.45) is 0.202.